The maximum Gasteiger partial charge on any atom is 0.238 e. The molecule has 3 heterocycles. The molecule has 5 nitrogen and oxygen atoms in total. The monoisotopic (exact) mass is 300 g/mol. The van der Waals surface area contributed by atoms with E-state index in [9.17, 15) is 9.18 Å². The van der Waals surface area contributed by atoms with E-state index in [4.69, 9.17) is 0 Å². The van der Waals surface area contributed by atoms with Crippen molar-refractivity contribution in [2.24, 2.45) is 0 Å². The van der Waals surface area contributed by atoms with E-state index in [0.717, 1.165) is 37.1 Å². The summed E-state index contributed by atoms with van der Waals surface area (Å²) >= 11 is 0. The third-order valence-corrected chi connectivity index (χ3v) is 4.47. The third-order valence-electron chi connectivity index (χ3n) is 4.47. The van der Waals surface area contributed by atoms with Crippen molar-refractivity contribution < 1.29 is 9.18 Å². The average molecular weight is 300 g/mol. The fourth-order valence-electron chi connectivity index (χ4n) is 3.35. The van der Waals surface area contributed by atoms with Gasteiger partial charge < -0.3 is 5.32 Å². The molecule has 0 saturated carbocycles. The summed E-state index contributed by atoms with van der Waals surface area (Å²) in [6.45, 7) is 0.926. The highest BCUT2D eigenvalue weighted by Crippen LogP contribution is 2.32. The maximum atomic E-state index is 13.0. The highest BCUT2D eigenvalue weighted by Gasteiger charge is 2.41. The van der Waals surface area contributed by atoms with Gasteiger partial charge in [0.25, 0.3) is 0 Å². The molecule has 0 aliphatic carbocycles. The fraction of sp³-hybridized carbons (Fsp3) is 0.375. The molecular weight excluding hydrogens is 283 g/mol. The van der Waals surface area contributed by atoms with Crippen molar-refractivity contribution in [1.82, 2.24) is 20.0 Å². The number of halogens is 1. The first-order valence-corrected chi connectivity index (χ1v) is 7.59. The minimum absolute atomic E-state index is 0.00655. The van der Waals surface area contributed by atoms with Gasteiger partial charge in [0.1, 0.15) is 12.0 Å². The summed E-state index contributed by atoms with van der Waals surface area (Å²) in [5.74, 6) is -0.158. The number of nitrogens with zero attached hydrogens (tertiary/aromatic N) is 3. The fourth-order valence-corrected chi connectivity index (χ4v) is 3.35. The molecule has 1 N–H and O–H groups in total. The molecule has 2 atom stereocenters. The van der Waals surface area contributed by atoms with Gasteiger partial charge in [0.15, 0.2) is 0 Å². The number of aromatic nitrogens is 2. The molecule has 1 aromatic heterocycles. The second-order valence-electron chi connectivity index (χ2n) is 5.86. The zero-order valence-electron chi connectivity index (χ0n) is 12.1. The largest absolute Gasteiger partial charge is 0.335 e. The van der Waals surface area contributed by atoms with Crippen molar-refractivity contribution in [1.29, 1.82) is 0 Å². The molecular formula is C16H17FN4O. The molecule has 114 valence electrons. The molecule has 6 heteroatoms. The van der Waals surface area contributed by atoms with Crippen LogP contribution in [0.25, 0.3) is 5.69 Å². The Labute approximate surface area is 127 Å². The van der Waals surface area contributed by atoms with E-state index >= 15 is 0 Å². The van der Waals surface area contributed by atoms with Crippen molar-refractivity contribution in [3.8, 4) is 5.69 Å². The van der Waals surface area contributed by atoms with Crippen LogP contribution in [0.2, 0.25) is 0 Å². The summed E-state index contributed by atoms with van der Waals surface area (Å²) in [6, 6.07) is 6.18. The van der Waals surface area contributed by atoms with Crippen LogP contribution in [0.15, 0.2) is 36.7 Å². The summed E-state index contributed by atoms with van der Waals surface area (Å²) in [5, 5.41) is 7.40. The number of rotatable bonds is 2. The van der Waals surface area contributed by atoms with Crippen LogP contribution in [0.3, 0.4) is 0 Å². The Hall–Kier alpha value is -2.21. The minimum Gasteiger partial charge on any atom is -0.335 e. The summed E-state index contributed by atoms with van der Waals surface area (Å²) in [7, 11) is 0. The van der Waals surface area contributed by atoms with Crippen molar-refractivity contribution in [2.45, 2.75) is 31.5 Å². The van der Waals surface area contributed by atoms with E-state index in [2.05, 4.69) is 15.3 Å². The SMILES string of the molecule is O=C1N[C@@H](c2cnn(-c3ccc(F)cc3)c2)N2CCCC[C@H]12. The smallest absolute Gasteiger partial charge is 0.238 e. The second kappa shape index (κ2) is 5.21. The topological polar surface area (TPSA) is 50.2 Å². The lowest BCUT2D eigenvalue weighted by molar-refractivity contribution is -0.122. The van der Waals surface area contributed by atoms with E-state index in [1.165, 1.54) is 12.1 Å². The van der Waals surface area contributed by atoms with E-state index in [0.29, 0.717) is 0 Å². The lowest BCUT2D eigenvalue weighted by Gasteiger charge is -2.30. The zero-order valence-corrected chi connectivity index (χ0v) is 12.1. The van der Waals surface area contributed by atoms with Gasteiger partial charge in [-0.2, -0.15) is 5.10 Å². The molecule has 0 spiro atoms. The Morgan fingerprint density at radius 1 is 1.23 bits per heavy atom. The molecule has 0 radical (unpaired) electrons. The number of benzene rings is 1. The Bertz CT molecular complexity index is 696. The average Bonchev–Trinajstić information content (AvgIpc) is 3.14. The molecule has 1 aromatic carbocycles. The third kappa shape index (κ3) is 2.20. The quantitative estimate of drug-likeness (QED) is 0.923. The van der Waals surface area contributed by atoms with Gasteiger partial charge in [-0.25, -0.2) is 9.07 Å². The molecule has 0 unspecified atom stereocenters. The normalized spacial score (nSPS) is 25.0. The van der Waals surface area contributed by atoms with Crippen LogP contribution in [-0.4, -0.2) is 33.2 Å². The van der Waals surface area contributed by atoms with Crippen molar-refractivity contribution >= 4 is 5.91 Å². The lowest BCUT2D eigenvalue weighted by atomic mass is 10.0. The summed E-state index contributed by atoms with van der Waals surface area (Å²) in [6.07, 6.45) is 6.71. The molecule has 2 saturated heterocycles. The standard InChI is InChI=1S/C16H17FN4O/c17-12-4-6-13(7-5-12)21-10-11(9-18-21)15-19-16(22)14-3-1-2-8-20(14)15/h4-7,9-10,14-15H,1-3,8H2,(H,19,22)/t14-,15-/m1/s1. The summed E-state index contributed by atoms with van der Waals surface area (Å²) < 4.78 is 14.7. The number of hydrogen-bond donors (Lipinski definition) is 1. The highest BCUT2D eigenvalue weighted by molar-refractivity contribution is 5.84. The van der Waals surface area contributed by atoms with Crippen LogP contribution in [0.5, 0.6) is 0 Å². The van der Waals surface area contributed by atoms with Gasteiger partial charge in [0.2, 0.25) is 5.91 Å². The van der Waals surface area contributed by atoms with Crippen molar-refractivity contribution in [3.63, 3.8) is 0 Å². The van der Waals surface area contributed by atoms with Crippen LogP contribution in [0.4, 0.5) is 4.39 Å². The van der Waals surface area contributed by atoms with Gasteiger partial charge in [0.05, 0.1) is 17.9 Å². The van der Waals surface area contributed by atoms with Gasteiger partial charge >= 0.3 is 0 Å². The second-order valence-corrected chi connectivity index (χ2v) is 5.86. The molecule has 22 heavy (non-hydrogen) atoms. The van der Waals surface area contributed by atoms with Crippen LogP contribution in [-0.2, 0) is 4.79 Å². The van der Waals surface area contributed by atoms with Crippen molar-refractivity contribution in [2.75, 3.05) is 6.54 Å². The van der Waals surface area contributed by atoms with Gasteiger partial charge in [0, 0.05) is 18.3 Å². The number of hydrogen-bond acceptors (Lipinski definition) is 3. The molecule has 2 aromatic rings. The zero-order chi connectivity index (χ0) is 15.1. The highest BCUT2D eigenvalue weighted by atomic mass is 19.1. The van der Waals surface area contributed by atoms with Crippen LogP contribution in [0.1, 0.15) is 31.0 Å². The van der Waals surface area contributed by atoms with E-state index in [1.54, 1.807) is 23.0 Å². The summed E-state index contributed by atoms with van der Waals surface area (Å²) in [4.78, 5) is 14.3. The predicted octanol–water partition coefficient (Wildman–Crippen LogP) is 1.99. The predicted molar refractivity (Wildman–Crippen MR) is 78.8 cm³/mol. The number of nitrogens with one attached hydrogen (secondary N) is 1. The Morgan fingerprint density at radius 2 is 2.05 bits per heavy atom. The first kappa shape index (κ1) is 13.5. The van der Waals surface area contributed by atoms with E-state index in [-0.39, 0.29) is 23.9 Å². The minimum atomic E-state index is -0.268. The Kier molecular flexibility index (Phi) is 3.18. The molecule has 1 amide bonds. The number of amides is 1. The van der Waals surface area contributed by atoms with Crippen LogP contribution >= 0.6 is 0 Å². The van der Waals surface area contributed by atoms with E-state index < -0.39 is 0 Å². The van der Waals surface area contributed by atoms with Crippen LogP contribution < -0.4 is 5.32 Å². The number of carbonyl (C=O) groups excluding carboxylic acids is 1. The molecule has 2 aliphatic heterocycles. The molecule has 2 fully saturated rings. The van der Waals surface area contributed by atoms with Crippen molar-refractivity contribution in [3.05, 3.63) is 48.0 Å². The number of fused-ring (bicyclic) bond motifs is 1. The van der Waals surface area contributed by atoms with Crippen LogP contribution in [0, 0.1) is 5.82 Å². The molecule has 0 bridgehead atoms. The lowest BCUT2D eigenvalue weighted by Crippen LogP contribution is -2.38. The van der Waals surface area contributed by atoms with E-state index in [1.807, 2.05) is 6.20 Å². The first-order valence-electron chi connectivity index (χ1n) is 7.59. The van der Waals surface area contributed by atoms with Gasteiger partial charge in [-0.3, -0.25) is 9.69 Å². The first-order chi connectivity index (χ1) is 10.7. The molecule has 4 rings (SSSR count). The summed E-state index contributed by atoms with van der Waals surface area (Å²) in [5.41, 5.74) is 1.76. The molecule has 2 aliphatic rings. The number of carbonyl (C=O) groups is 1. The Morgan fingerprint density at radius 3 is 2.86 bits per heavy atom. The maximum absolute atomic E-state index is 13.0. The van der Waals surface area contributed by atoms with Gasteiger partial charge in [-0.05, 0) is 37.1 Å². The van der Waals surface area contributed by atoms with Gasteiger partial charge in [-0.15, -0.1) is 0 Å². The Balaban J connectivity index is 1.61. The van der Waals surface area contributed by atoms with Gasteiger partial charge in [-0.1, -0.05) is 6.42 Å². The number of piperidine rings is 1.